The molecule has 1 N–H and O–H groups in total. The van der Waals surface area contributed by atoms with Crippen LogP contribution in [0.1, 0.15) is 18.5 Å². The van der Waals surface area contributed by atoms with E-state index in [1.165, 1.54) is 6.07 Å². The summed E-state index contributed by atoms with van der Waals surface area (Å²) in [6.07, 6.45) is 3.81. The molecule has 2 aromatic rings. The Morgan fingerprint density at radius 2 is 2.14 bits per heavy atom. The van der Waals surface area contributed by atoms with Crippen molar-refractivity contribution in [2.45, 2.75) is 25.4 Å². The maximum absolute atomic E-state index is 13.7. The van der Waals surface area contributed by atoms with Crippen LogP contribution in [0.3, 0.4) is 0 Å². The van der Waals surface area contributed by atoms with Gasteiger partial charge in [0.15, 0.2) is 0 Å². The highest BCUT2D eigenvalue weighted by atomic mass is 19.1. The number of hydrogen-bond acceptors (Lipinski definition) is 1. The number of halogens is 2. The Hall–Kier alpha value is -2.37. The molecule has 1 saturated carbocycles. The van der Waals surface area contributed by atoms with Crippen molar-refractivity contribution >= 4 is 11.7 Å². The Bertz CT molecular complexity index is 694. The number of nitrogens with zero attached hydrogens (tertiary/aromatic N) is 2. The molecule has 0 unspecified atom stereocenters. The van der Waals surface area contributed by atoms with Crippen LogP contribution in [0.2, 0.25) is 0 Å². The fourth-order valence-electron chi connectivity index (χ4n) is 2.37. The largest absolute Gasteiger partial charge is 0.353 e. The quantitative estimate of drug-likeness (QED) is 0.922. The number of aromatic nitrogens is 1. The average molecular weight is 305 g/mol. The summed E-state index contributed by atoms with van der Waals surface area (Å²) in [5, 5.41) is 2.53. The van der Waals surface area contributed by atoms with Crippen LogP contribution in [0, 0.1) is 11.6 Å². The molecule has 0 spiro atoms. The van der Waals surface area contributed by atoms with E-state index < -0.39 is 11.6 Å². The SMILES string of the molecule is Cn1cccc1CN(C(=O)Nc1ccc(F)cc1F)C1CC1. The van der Waals surface area contributed by atoms with E-state index in [-0.39, 0.29) is 17.8 Å². The van der Waals surface area contributed by atoms with Gasteiger partial charge in [-0.1, -0.05) is 0 Å². The third-order valence-corrected chi connectivity index (χ3v) is 3.80. The molecule has 22 heavy (non-hydrogen) atoms. The van der Waals surface area contributed by atoms with Crippen molar-refractivity contribution in [2.24, 2.45) is 7.05 Å². The van der Waals surface area contributed by atoms with E-state index >= 15 is 0 Å². The summed E-state index contributed by atoms with van der Waals surface area (Å²) in [5.41, 5.74) is 0.991. The van der Waals surface area contributed by atoms with Crippen LogP contribution >= 0.6 is 0 Å². The van der Waals surface area contributed by atoms with E-state index in [1.807, 2.05) is 29.9 Å². The monoisotopic (exact) mass is 305 g/mol. The van der Waals surface area contributed by atoms with Gasteiger partial charge in [0.25, 0.3) is 0 Å². The number of rotatable bonds is 4. The van der Waals surface area contributed by atoms with Crippen LogP contribution in [0.25, 0.3) is 0 Å². The van der Waals surface area contributed by atoms with Crippen molar-refractivity contribution in [1.82, 2.24) is 9.47 Å². The van der Waals surface area contributed by atoms with Crippen LogP contribution in [0.5, 0.6) is 0 Å². The number of aryl methyl sites for hydroxylation is 1. The first kappa shape index (κ1) is 14.6. The van der Waals surface area contributed by atoms with Crippen molar-refractivity contribution in [1.29, 1.82) is 0 Å². The summed E-state index contributed by atoms with van der Waals surface area (Å²) in [6, 6.07) is 6.79. The molecule has 2 amide bonds. The molecule has 1 aliphatic rings. The van der Waals surface area contributed by atoms with Gasteiger partial charge in [-0.05, 0) is 37.1 Å². The molecule has 0 saturated heterocycles. The highest BCUT2D eigenvalue weighted by molar-refractivity contribution is 5.89. The molecule has 1 fully saturated rings. The Kier molecular flexibility index (Phi) is 3.83. The number of carbonyl (C=O) groups is 1. The standard InChI is InChI=1S/C16H17F2N3O/c1-20-8-2-3-13(20)10-21(12-5-6-12)16(22)19-15-7-4-11(17)9-14(15)18/h2-4,7-9,12H,5-6,10H2,1H3,(H,19,22). The Balaban J connectivity index is 1.74. The van der Waals surface area contributed by atoms with Gasteiger partial charge in [0, 0.05) is 31.0 Å². The van der Waals surface area contributed by atoms with Gasteiger partial charge in [-0.25, -0.2) is 13.6 Å². The zero-order valence-corrected chi connectivity index (χ0v) is 12.2. The molecule has 1 aliphatic carbocycles. The normalized spacial score (nSPS) is 14.0. The van der Waals surface area contributed by atoms with E-state index in [1.54, 1.807) is 4.90 Å². The second kappa shape index (κ2) is 5.79. The van der Waals surface area contributed by atoms with Crippen molar-refractivity contribution in [3.8, 4) is 0 Å². The van der Waals surface area contributed by atoms with Gasteiger partial charge < -0.3 is 14.8 Å². The minimum Gasteiger partial charge on any atom is -0.353 e. The smallest absolute Gasteiger partial charge is 0.322 e. The molecule has 0 radical (unpaired) electrons. The zero-order valence-electron chi connectivity index (χ0n) is 12.2. The summed E-state index contributed by atoms with van der Waals surface area (Å²) in [6.45, 7) is 0.461. The Morgan fingerprint density at radius 1 is 1.36 bits per heavy atom. The molecule has 0 aliphatic heterocycles. The summed E-state index contributed by atoms with van der Waals surface area (Å²) in [4.78, 5) is 14.1. The molecule has 4 nitrogen and oxygen atoms in total. The minimum atomic E-state index is -0.775. The van der Waals surface area contributed by atoms with Crippen molar-refractivity contribution in [2.75, 3.05) is 5.32 Å². The Labute approximate surface area is 127 Å². The van der Waals surface area contributed by atoms with Crippen molar-refractivity contribution in [3.63, 3.8) is 0 Å². The van der Waals surface area contributed by atoms with E-state index in [4.69, 9.17) is 0 Å². The first-order valence-electron chi connectivity index (χ1n) is 7.17. The Morgan fingerprint density at radius 3 is 2.73 bits per heavy atom. The van der Waals surface area contributed by atoms with E-state index in [0.29, 0.717) is 6.54 Å². The lowest BCUT2D eigenvalue weighted by molar-refractivity contribution is 0.204. The molecule has 3 rings (SSSR count). The summed E-state index contributed by atoms with van der Waals surface area (Å²) >= 11 is 0. The second-order valence-corrected chi connectivity index (χ2v) is 5.52. The lowest BCUT2D eigenvalue weighted by Crippen LogP contribution is -2.37. The van der Waals surface area contributed by atoms with Gasteiger partial charge in [0.1, 0.15) is 11.6 Å². The fraction of sp³-hybridized carbons (Fsp3) is 0.312. The summed E-state index contributed by atoms with van der Waals surface area (Å²) < 4.78 is 28.5. The van der Waals surface area contributed by atoms with Crippen LogP contribution in [-0.4, -0.2) is 21.5 Å². The first-order valence-corrected chi connectivity index (χ1v) is 7.17. The molecule has 1 heterocycles. The molecule has 1 aromatic heterocycles. The van der Waals surface area contributed by atoms with E-state index in [0.717, 1.165) is 30.7 Å². The number of amides is 2. The van der Waals surface area contributed by atoms with Crippen LogP contribution in [-0.2, 0) is 13.6 Å². The van der Waals surface area contributed by atoms with Gasteiger partial charge >= 0.3 is 6.03 Å². The maximum Gasteiger partial charge on any atom is 0.322 e. The number of anilines is 1. The maximum atomic E-state index is 13.7. The summed E-state index contributed by atoms with van der Waals surface area (Å²) in [7, 11) is 1.91. The fourth-order valence-corrected chi connectivity index (χ4v) is 2.37. The summed E-state index contributed by atoms with van der Waals surface area (Å²) in [5.74, 6) is -1.44. The number of carbonyl (C=O) groups excluding carboxylic acids is 1. The number of urea groups is 1. The van der Waals surface area contributed by atoms with Gasteiger partial charge in [-0.15, -0.1) is 0 Å². The number of hydrogen-bond donors (Lipinski definition) is 1. The molecule has 0 bridgehead atoms. The van der Waals surface area contributed by atoms with Gasteiger partial charge in [-0.2, -0.15) is 0 Å². The van der Waals surface area contributed by atoms with Crippen LogP contribution in [0.4, 0.5) is 19.3 Å². The second-order valence-electron chi connectivity index (χ2n) is 5.52. The van der Waals surface area contributed by atoms with Gasteiger partial charge in [0.2, 0.25) is 0 Å². The van der Waals surface area contributed by atoms with Crippen LogP contribution < -0.4 is 5.32 Å². The third kappa shape index (κ3) is 3.10. The zero-order chi connectivity index (χ0) is 15.7. The molecule has 1 aromatic carbocycles. The average Bonchev–Trinajstić information content (AvgIpc) is 3.23. The first-order chi connectivity index (χ1) is 10.5. The highest BCUT2D eigenvalue weighted by Crippen LogP contribution is 2.29. The molecule has 6 heteroatoms. The highest BCUT2D eigenvalue weighted by Gasteiger charge is 2.33. The number of benzene rings is 1. The topological polar surface area (TPSA) is 37.3 Å². The lowest BCUT2D eigenvalue weighted by atomic mass is 10.3. The van der Waals surface area contributed by atoms with Gasteiger partial charge in [0.05, 0.1) is 12.2 Å². The van der Waals surface area contributed by atoms with Crippen molar-refractivity contribution < 1.29 is 13.6 Å². The molecular weight excluding hydrogens is 288 g/mol. The third-order valence-electron chi connectivity index (χ3n) is 3.80. The van der Waals surface area contributed by atoms with Crippen LogP contribution in [0.15, 0.2) is 36.5 Å². The predicted molar refractivity (Wildman–Crippen MR) is 79.4 cm³/mol. The van der Waals surface area contributed by atoms with E-state index in [9.17, 15) is 13.6 Å². The number of nitrogens with one attached hydrogen (secondary N) is 1. The molecule has 116 valence electrons. The molecule has 0 atom stereocenters. The van der Waals surface area contributed by atoms with E-state index in [2.05, 4.69) is 5.32 Å². The minimum absolute atomic E-state index is 0.0102. The predicted octanol–water partition coefficient (Wildman–Crippen LogP) is 3.50. The van der Waals surface area contributed by atoms with Gasteiger partial charge in [-0.3, -0.25) is 0 Å². The lowest BCUT2D eigenvalue weighted by Gasteiger charge is -2.23. The van der Waals surface area contributed by atoms with Crippen molar-refractivity contribution in [3.05, 3.63) is 53.9 Å². The molecular formula is C16H17F2N3O.